The van der Waals surface area contributed by atoms with Gasteiger partial charge in [0.15, 0.2) is 16.9 Å². The number of likely N-dealkylation sites (N-methyl/N-ethyl adjacent to an activating group) is 2. The van der Waals surface area contributed by atoms with Gasteiger partial charge in [-0.1, -0.05) is 30.3 Å². The molecule has 2 aromatic carbocycles. The van der Waals surface area contributed by atoms with Crippen LogP contribution in [0.3, 0.4) is 0 Å². The van der Waals surface area contributed by atoms with Crippen molar-refractivity contribution in [2.75, 3.05) is 164 Å². The molecule has 0 radical (unpaired) electrons. The van der Waals surface area contributed by atoms with Crippen molar-refractivity contribution in [2.24, 2.45) is 0 Å². The Kier molecular flexibility index (Phi) is 23.2. The van der Waals surface area contributed by atoms with E-state index in [1.165, 1.54) is 12.0 Å². The second kappa shape index (κ2) is 34.4. The van der Waals surface area contributed by atoms with Crippen LogP contribution in [0.2, 0.25) is 0 Å². The number of hydrogen-bond acceptors (Lipinski definition) is 23. The first kappa shape index (κ1) is 81.6. The molecule has 17 heterocycles. The van der Waals surface area contributed by atoms with Crippen molar-refractivity contribution >= 4 is 98.4 Å². The number of halogens is 6. The van der Waals surface area contributed by atoms with E-state index in [0.29, 0.717) is 129 Å². The highest BCUT2D eigenvalue weighted by Crippen LogP contribution is 2.41. The summed E-state index contributed by atoms with van der Waals surface area (Å²) in [5.41, 5.74) is 9.21. The molecule has 2 unspecified atom stereocenters. The van der Waals surface area contributed by atoms with E-state index in [-0.39, 0.29) is 55.0 Å². The molecule has 9 aliphatic heterocycles. The highest BCUT2D eigenvalue weighted by Gasteiger charge is 2.49. The summed E-state index contributed by atoms with van der Waals surface area (Å²) in [4.78, 5) is 102. The number of nitrogens with zero attached hydrogens (tertiary/aromatic N) is 25. The predicted octanol–water partition coefficient (Wildman–Crippen LogP) is 7.25. The van der Waals surface area contributed by atoms with Gasteiger partial charge in [0.2, 0.25) is 41.5 Å². The van der Waals surface area contributed by atoms with Gasteiger partial charge in [-0.15, -0.1) is 15.3 Å². The van der Waals surface area contributed by atoms with E-state index in [4.69, 9.17) is 10.1 Å². The van der Waals surface area contributed by atoms with E-state index in [0.717, 1.165) is 100 Å². The molecule has 9 aliphatic rings. The molecule has 19 rings (SSSR count). The van der Waals surface area contributed by atoms with Gasteiger partial charge < -0.3 is 69.8 Å². The number of alkyl halides is 6. The normalized spacial score (nSPS) is 21.6. The number of hydrogen-bond donors (Lipinski definition) is 3. The number of likely N-dealkylation sites (tertiary alicyclic amines) is 4. The number of pyridine rings is 3. The monoisotopic (exact) mass is 1670 g/mol. The Morgan fingerprint density at radius 2 is 0.851 bits per heavy atom. The van der Waals surface area contributed by atoms with Crippen LogP contribution in [0.4, 0.5) is 78.3 Å². The summed E-state index contributed by atoms with van der Waals surface area (Å²) in [5.74, 6) is 0.526. The van der Waals surface area contributed by atoms with Gasteiger partial charge in [0.25, 0.3) is 5.91 Å². The Balaban J connectivity index is 0.000000129. The average molecular weight is 1670 g/mol. The first-order valence-corrected chi connectivity index (χ1v) is 41.5. The van der Waals surface area contributed by atoms with Gasteiger partial charge >= 0.3 is 12.4 Å². The summed E-state index contributed by atoms with van der Waals surface area (Å²) in [5, 5.41) is 32.0. The van der Waals surface area contributed by atoms with Crippen LogP contribution in [0.5, 0.6) is 0 Å². The van der Waals surface area contributed by atoms with Crippen LogP contribution in [0, 0.1) is 0 Å². The van der Waals surface area contributed by atoms with Crippen molar-refractivity contribution < 1.29 is 50.3 Å². The molecule has 39 heteroatoms. The van der Waals surface area contributed by atoms with E-state index in [9.17, 15) is 50.3 Å². The smallest absolute Gasteiger partial charge is 0.363 e. The fraction of sp³-hybridized carbons (Fsp3) is 0.500. The van der Waals surface area contributed by atoms with Crippen molar-refractivity contribution in [3.05, 3.63) is 146 Å². The molecule has 6 bridgehead atoms. The first-order chi connectivity index (χ1) is 58.3. The number of fused-ring (bicyclic) bond motifs is 9. The highest BCUT2D eigenvalue weighted by molar-refractivity contribution is 5.95. The molecule has 10 aromatic rings. The molecule has 121 heavy (non-hydrogen) atoms. The zero-order chi connectivity index (χ0) is 84.0. The van der Waals surface area contributed by atoms with Crippen LogP contribution < -0.4 is 30.7 Å². The maximum Gasteiger partial charge on any atom is 0.389 e. The second-order valence-electron chi connectivity index (χ2n) is 33.2. The molecule has 640 valence electrons. The van der Waals surface area contributed by atoms with Gasteiger partial charge in [-0.3, -0.25) is 38.2 Å². The van der Waals surface area contributed by atoms with Crippen LogP contribution in [0.15, 0.2) is 134 Å². The van der Waals surface area contributed by atoms with Crippen molar-refractivity contribution in [3.63, 3.8) is 0 Å². The minimum atomic E-state index is -4.34. The summed E-state index contributed by atoms with van der Waals surface area (Å²) >= 11 is 0. The van der Waals surface area contributed by atoms with E-state index < -0.39 is 49.9 Å². The number of anilines is 9. The standard InChI is InChI=1S/C32H38N8O.2C25H31F3N10O2/c1-36-17-14-26(15-18-36)37(2)31(41)24-10-12-25(13-11-24)33-32-34-30-29(9-6-16-40(30)35-32)39-22-27-19-28(39)21-38(27)20-23-7-4-3-5-8-23;2*1-33-7-9-34(10-8-33)22(40)16-35-13-17(12-29-35)30-24-31-23-20(3-2-6-38(23)32-24)36-14-19-11-18(36)15-37(19)21(39)4-5-25(26,27)28/h3-13,16,26-28H,14-15,17-22H2,1-2H3,(H,33,35);2*2-3,6,12-13,18-19H,4-5,7-11,14-16H2,1H3,(H,30,32)/t;2*18-,19-/m.10/s1. The third-order valence-electron chi connectivity index (χ3n) is 24.9. The van der Waals surface area contributed by atoms with Crippen molar-refractivity contribution in [1.82, 2.24) is 107 Å². The average Bonchev–Trinajstić information content (AvgIpc) is 1.61. The molecular formula is C82H100F6N28O5. The molecular weight excluding hydrogens is 1570 g/mol. The summed E-state index contributed by atoms with van der Waals surface area (Å²) in [6.45, 7) is 13.6. The fourth-order valence-corrected chi connectivity index (χ4v) is 18.3. The third kappa shape index (κ3) is 18.6. The van der Waals surface area contributed by atoms with Crippen molar-refractivity contribution in [2.45, 2.75) is 132 Å². The number of aromatic nitrogens is 13. The minimum absolute atomic E-state index is 0.00946. The lowest BCUT2D eigenvalue weighted by atomic mass is 10.0. The van der Waals surface area contributed by atoms with Crippen molar-refractivity contribution in [3.8, 4) is 0 Å². The number of nitrogens with one attached hydrogen (secondary N) is 3. The maximum absolute atomic E-state index is 13.1. The molecule has 9 fully saturated rings. The molecule has 0 aliphatic carbocycles. The summed E-state index contributed by atoms with van der Waals surface area (Å²) in [6.07, 6.45) is 5.01. The molecule has 0 spiro atoms. The van der Waals surface area contributed by atoms with Crippen LogP contribution in [-0.2, 0) is 38.8 Å². The Hall–Kier alpha value is -11.7. The molecule has 5 amide bonds. The van der Waals surface area contributed by atoms with Crippen molar-refractivity contribution in [1.29, 1.82) is 0 Å². The van der Waals surface area contributed by atoms with E-state index >= 15 is 0 Å². The Morgan fingerprint density at radius 1 is 0.446 bits per heavy atom. The lowest BCUT2D eigenvalue weighted by molar-refractivity contribution is -0.149. The molecule has 0 saturated carbocycles. The zero-order valence-corrected chi connectivity index (χ0v) is 68.0. The Morgan fingerprint density at radius 3 is 1.26 bits per heavy atom. The molecule has 9 saturated heterocycles. The lowest BCUT2D eigenvalue weighted by Crippen LogP contribution is -2.49. The number of piperazine rings is 5. The maximum atomic E-state index is 13.1. The Labute approximate surface area is 694 Å². The zero-order valence-electron chi connectivity index (χ0n) is 68.0. The number of carbonyl (C=O) groups excluding carboxylic acids is 5. The predicted molar refractivity (Wildman–Crippen MR) is 440 cm³/mol. The van der Waals surface area contributed by atoms with Crippen LogP contribution in [0.25, 0.3) is 16.9 Å². The number of carbonyl (C=O) groups is 5. The number of amides is 5. The van der Waals surface area contributed by atoms with Gasteiger partial charge in [-0.2, -0.15) is 51.5 Å². The van der Waals surface area contributed by atoms with E-state index in [1.807, 2.05) is 95.1 Å². The van der Waals surface area contributed by atoms with E-state index in [2.05, 4.69) is 130 Å². The number of benzene rings is 2. The summed E-state index contributed by atoms with van der Waals surface area (Å²) in [6, 6.07) is 31.3. The number of piperidine rings is 1. The van der Waals surface area contributed by atoms with Gasteiger partial charge in [0.1, 0.15) is 13.1 Å². The second-order valence-corrected chi connectivity index (χ2v) is 33.2. The molecule has 8 aromatic heterocycles. The molecule has 3 N–H and O–H groups in total. The largest absolute Gasteiger partial charge is 0.389 e. The van der Waals surface area contributed by atoms with Crippen LogP contribution in [-0.4, -0.2) is 325 Å². The van der Waals surface area contributed by atoms with Crippen LogP contribution in [0.1, 0.15) is 73.7 Å². The molecule has 6 atom stereocenters. The van der Waals surface area contributed by atoms with Gasteiger partial charge in [-0.05, 0) is 133 Å². The third-order valence-corrected chi connectivity index (χ3v) is 24.9. The van der Waals surface area contributed by atoms with Gasteiger partial charge in [0, 0.05) is 191 Å². The Bertz CT molecular complexity index is 5130. The SMILES string of the molecule is CN1CCC(N(C)C(=O)c2ccc(Nc3nc4c(N5CC6CC5CN6Cc5ccccc5)cccn4n3)cc2)CC1.CN1CCN(C(=O)Cn2cc(Nc3nc4c(N5C[C@@H]6C[C@H]5CN6C(=O)CCC(F)(F)F)cccn4n3)cn2)CC1.CN1CCN(C(=O)Cn2cc(Nc3nc4c(N5C[C@H]6C[C@@H]5CN6C(=O)CCC(F)(F)F)cccn4n3)cn2)CC1. The van der Waals surface area contributed by atoms with E-state index in [1.54, 1.807) is 65.4 Å². The fourth-order valence-electron chi connectivity index (χ4n) is 18.3. The quantitative estimate of drug-likeness (QED) is 0.0597. The first-order valence-electron chi connectivity index (χ1n) is 41.5. The molecule has 33 nitrogen and oxygen atoms in total. The number of rotatable bonds is 21. The van der Waals surface area contributed by atoms with Gasteiger partial charge in [0.05, 0.1) is 65.8 Å². The minimum Gasteiger partial charge on any atom is -0.363 e. The summed E-state index contributed by atoms with van der Waals surface area (Å²) < 4.78 is 83.8. The van der Waals surface area contributed by atoms with Gasteiger partial charge in [-0.25, -0.2) is 13.5 Å². The highest BCUT2D eigenvalue weighted by atomic mass is 19.4. The topological polar surface area (TPSA) is 287 Å². The summed E-state index contributed by atoms with van der Waals surface area (Å²) in [7, 11) is 8.15. The van der Waals surface area contributed by atoms with Crippen LogP contribution >= 0.6 is 0 Å². The lowest BCUT2D eigenvalue weighted by Gasteiger charge is -2.35.